The van der Waals surface area contributed by atoms with Gasteiger partial charge in [0, 0.05) is 0 Å². The zero-order valence-corrected chi connectivity index (χ0v) is 5.35. The van der Waals surface area contributed by atoms with E-state index in [9.17, 15) is 0 Å². The molecule has 8 heavy (non-hydrogen) atoms. The quantitative estimate of drug-likeness (QED) is 0.457. The molecule has 1 nitrogen and oxygen atoms in total. The van der Waals surface area contributed by atoms with E-state index in [-0.39, 0.29) is 0 Å². The van der Waals surface area contributed by atoms with Gasteiger partial charge in [-0.25, -0.2) is 0 Å². The highest BCUT2D eigenvalue weighted by Gasteiger charge is 2.06. The van der Waals surface area contributed by atoms with E-state index in [1.165, 1.54) is 19.5 Å². The van der Waals surface area contributed by atoms with Gasteiger partial charge in [0.25, 0.3) is 0 Å². The minimum absolute atomic E-state index is 0.935. The number of nitrogens with one attached hydrogen (secondary N) is 1. The summed E-state index contributed by atoms with van der Waals surface area (Å²) in [6.07, 6.45) is 9.38. The summed E-state index contributed by atoms with van der Waals surface area (Å²) in [7, 11) is 0. The first-order valence-corrected chi connectivity index (χ1v) is 2.93. The third-order valence-electron chi connectivity index (χ3n) is 1.31. The average molecular weight is 111 g/mol. The van der Waals surface area contributed by atoms with Gasteiger partial charge in [-0.15, -0.1) is 12.8 Å². The molecule has 1 aliphatic rings. The summed E-state index contributed by atoms with van der Waals surface area (Å²) in [5, 5.41) is 3.27. The number of hydrogen-bond donors (Lipinski definition) is 1. The summed E-state index contributed by atoms with van der Waals surface area (Å²) in [5.74, 6) is 0.935. The van der Waals surface area contributed by atoms with Crippen LogP contribution in [0.15, 0.2) is 0 Å². The van der Waals surface area contributed by atoms with Crippen LogP contribution in [0.25, 0.3) is 0 Å². The van der Waals surface area contributed by atoms with Crippen LogP contribution in [0.3, 0.4) is 0 Å². The Bertz CT molecular complexity index is 60.0. The molecule has 1 N–H and O–H groups in total. The molecular formula is C7H13N. The molecule has 0 aromatic heterocycles. The lowest BCUT2D eigenvalue weighted by molar-refractivity contribution is 0.651. The highest BCUT2D eigenvalue weighted by molar-refractivity contribution is 4.65. The normalized spacial score (nSPS) is 26.1. The van der Waals surface area contributed by atoms with Crippen LogP contribution in [0.2, 0.25) is 0 Å². The van der Waals surface area contributed by atoms with Crippen molar-refractivity contribution in [3.05, 3.63) is 0 Å². The summed E-state index contributed by atoms with van der Waals surface area (Å²) in [6.45, 7) is 4.75. The monoisotopic (exact) mass is 111 g/mol. The summed E-state index contributed by atoms with van der Waals surface area (Å²) in [4.78, 5) is 0. The van der Waals surface area contributed by atoms with Gasteiger partial charge in [-0.3, -0.25) is 0 Å². The van der Waals surface area contributed by atoms with Crippen LogP contribution in [0.4, 0.5) is 0 Å². The van der Waals surface area contributed by atoms with Gasteiger partial charge in [0.15, 0.2) is 0 Å². The van der Waals surface area contributed by atoms with Gasteiger partial charge in [-0.1, -0.05) is 6.92 Å². The van der Waals surface area contributed by atoms with Crippen LogP contribution in [0.5, 0.6) is 0 Å². The second-order valence-corrected chi connectivity index (χ2v) is 2.10. The lowest BCUT2D eigenvalue weighted by Crippen LogP contribution is -2.06. The Kier molecular flexibility index (Phi) is 4.39. The van der Waals surface area contributed by atoms with Crippen molar-refractivity contribution in [2.24, 2.45) is 5.92 Å². The van der Waals surface area contributed by atoms with Gasteiger partial charge in [0.05, 0.1) is 0 Å². The molecule has 1 heterocycles. The largest absolute Gasteiger partial charge is 0.316 e. The zero-order valence-electron chi connectivity index (χ0n) is 5.35. The maximum Gasteiger partial charge on any atom is -0.00227 e. The topological polar surface area (TPSA) is 12.0 Å². The minimum Gasteiger partial charge on any atom is -0.316 e. The SMILES string of the molecule is C#C.C[C@@H]1CCNC1. The highest BCUT2D eigenvalue weighted by atomic mass is 14.9. The fourth-order valence-corrected chi connectivity index (χ4v) is 0.799. The van der Waals surface area contributed by atoms with Crippen molar-refractivity contribution in [2.45, 2.75) is 13.3 Å². The Morgan fingerprint density at radius 1 is 1.50 bits per heavy atom. The van der Waals surface area contributed by atoms with E-state index in [1.807, 2.05) is 0 Å². The molecule has 0 radical (unpaired) electrons. The Labute approximate surface area is 51.5 Å². The molecule has 1 aliphatic heterocycles. The Hall–Kier alpha value is -0.480. The molecule has 0 spiro atoms. The smallest absolute Gasteiger partial charge is 0.00227 e. The predicted molar refractivity (Wildman–Crippen MR) is 36.5 cm³/mol. The lowest BCUT2D eigenvalue weighted by Gasteiger charge is -1.90. The zero-order chi connectivity index (χ0) is 6.41. The van der Waals surface area contributed by atoms with Crippen molar-refractivity contribution in [1.82, 2.24) is 5.32 Å². The molecule has 1 atom stereocenters. The Morgan fingerprint density at radius 2 is 2.12 bits per heavy atom. The van der Waals surface area contributed by atoms with E-state index in [1.54, 1.807) is 0 Å². The highest BCUT2D eigenvalue weighted by Crippen LogP contribution is 2.03. The molecule has 0 unspecified atom stereocenters. The molecule has 0 aliphatic carbocycles. The first-order chi connectivity index (χ1) is 3.89. The maximum atomic E-state index is 4.00. The molecule has 1 heteroatoms. The summed E-state index contributed by atoms with van der Waals surface area (Å²) in [5.41, 5.74) is 0. The second-order valence-electron chi connectivity index (χ2n) is 2.10. The first kappa shape index (κ1) is 7.52. The summed E-state index contributed by atoms with van der Waals surface area (Å²) < 4.78 is 0. The van der Waals surface area contributed by atoms with E-state index >= 15 is 0 Å². The van der Waals surface area contributed by atoms with Crippen molar-refractivity contribution < 1.29 is 0 Å². The summed E-state index contributed by atoms with van der Waals surface area (Å²) in [6, 6.07) is 0. The van der Waals surface area contributed by atoms with E-state index in [4.69, 9.17) is 0 Å². The van der Waals surface area contributed by atoms with Crippen LogP contribution in [-0.2, 0) is 0 Å². The molecule has 0 amide bonds. The molecule has 1 rings (SSSR count). The van der Waals surface area contributed by atoms with Gasteiger partial charge in [-0.2, -0.15) is 0 Å². The second kappa shape index (κ2) is 4.67. The third kappa shape index (κ3) is 2.65. The van der Waals surface area contributed by atoms with E-state index in [0.717, 1.165) is 5.92 Å². The van der Waals surface area contributed by atoms with Crippen LogP contribution in [-0.4, -0.2) is 13.1 Å². The third-order valence-corrected chi connectivity index (χ3v) is 1.31. The fraction of sp³-hybridized carbons (Fsp3) is 0.714. The maximum absolute atomic E-state index is 4.00. The van der Waals surface area contributed by atoms with Crippen LogP contribution < -0.4 is 5.32 Å². The van der Waals surface area contributed by atoms with Crippen molar-refractivity contribution in [2.75, 3.05) is 13.1 Å². The molecule has 46 valence electrons. The first-order valence-electron chi connectivity index (χ1n) is 2.93. The van der Waals surface area contributed by atoms with Gasteiger partial charge < -0.3 is 5.32 Å². The van der Waals surface area contributed by atoms with Crippen LogP contribution >= 0.6 is 0 Å². The molecule has 0 bridgehead atoms. The van der Waals surface area contributed by atoms with Gasteiger partial charge in [0.1, 0.15) is 0 Å². The van der Waals surface area contributed by atoms with Crippen LogP contribution in [0, 0.1) is 18.8 Å². The lowest BCUT2D eigenvalue weighted by atomic mass is 10.2. The molecule has 0 aromatic rings. The molecule has 1 fully saturated rings. The van der Waals surface area contributed by atoms with Gasteiger partial charge in [0.2, 0.25) is 0 Å². The number of hydrogen-bond acceptors (Lipinski definition) is 1. The molecule has 0 saturated carbocycles. The van der Waals surface area contributed by atoms with Crippen molar-refractivity contribution in [3.8, 4) is 12.8 Å². The predicted octanol–water partition coefficient (Wildman–Crippen LogP) is 0.865. The molecule has 1 saturated heterocycles. The standard InChI is InChI=1S/C5H11N.C2H2/c1-5-2-3-6-4-5;1-2/h5-6H,2-4H2,1H3;1-2H/t5-;/m1./s1. The van der Waals surface area contributed by atoms with Crippen molar-refractivity contribution in [1.29, 1.82) is 0 Å². The van der Waals surface area contributed by atoms with E-state index < -0.39 is 0 Å². The van der Waals surface area contributed by atoms with Gasteiger partial charge in [-0.05, 0) is 25.4 Å². The molecule has 0 aromatic carbocycles. The van der Waals surface area contributed by atoms with E-state index in [0.29, 0.717) is 0 Å². The van der Waals surface area contributed by atoms with Crippen molar-refractivity contribution in [3.63, 3.8) is 0 Å². The summed E-state index contributed by atoms with van der Waals surface area (Å²) >= 11 is 0. The van der Waals surface area contributed by atoms with E-state index in [2.05, 4.69) is 25.1 Å². The van der Waals surface area contributed by atoms with Crippen LogP contribution in [0.1, 0.15) is 13.3 Å². The molecular weight excluding hydrogens is 98.1 g/mol. The Morgan fingerprint density at radius 3 is 2.25 bits per heavy atom. The Balaban J connectivity index is 0.000000222. The number of rotatable bonds is 0. The van der Waals surface area contributed by atoms with Crippen molar-refractivity contribution >= 4 is 0 Å². The fourth-order valence-electron chi connectivity index (χ4n) is 0.799. The minimum atomic E-state index is 0.935. The average Bonchev–Trinajstić information content (AvgIpc) is 2.24. The number of terminal acetylenes is 1. The van der Waals surface area contributed by atoms with Gasteiger partial charge >= 0.3 is 0 Å².